The second-order valence-corrected chi connectivity index (χ2v) is 8.18. The van der Waals surface area contributed by atoms with Crippen molar-refractivity contribution in [3.8, 4) is 0 Å². The number of anilines is 1. The molecule has 0 saturated heterocycles. The van der Waals surface area contributed by atoms with Crippen LogP contribution in [-0.4, -0.2) is 42.6 Å². The summed E-state index contributed by atoms with van der Waals surface area (Å²) in [6, 6.07) is 6.23. The summed E-state index contributed by atoms with van der Waals surface area (Å²) in [5, 5.41) is 20.1. The molecule has 0 aliphatic rings. The van der Waals surface area contributed by atoms with E-state index in [1.54, 1.807) is 58.9 Å². The summed E-state index contributed by atoms with van der Waals surface area (Å²) in [5.41, 5.74) is -1.21. The van der Waals surface area contributed by atoms with Crippen molar-refractivity contribution >= 4 is 28.3 Å². The van der Waals surface area contributed by atoms with Gasteiger partial charge in [-0.3, -0.25) is 4.72 Å². The third kappa shape index (κ3) is 4.98. The number of rotatable bonds is 7. The highest BCUT2D eigenvalue weighted by Crippen LogP contribution is 2.25. The molecule has 6 nitrogen and oxygen atoms in total. The zero-order valence-electron chi connectivity index (χ0n) is 13.6. The fourth-order valence-electron chi connectivity index (χ4n) is 1.46. The molecular formula is C14H24BNO5S. The van der Waals surface area contributed by atoms with Crippen molar-refractivity contribution < 1.29 is 23.2 Å². The molecule has 0 unspecified atom stereocenters. The average molecular weight is 329 g/mol. The average Bonchev–Trinajstić information content (AvgIpc) is 2.37. The van der Waals surface area contributed by atoms with Crippen molar-refractivity contribution in [2.45, 2.75) is 45.8 Å². The summed E-state index contributed by atoms with van der Waals surface area (Å²) in [5.74, 6) is -0.0136. The number of sulfonamides is 1. The van der Waals surface area contributed by atoms with Crippen molar-refractivity contribution in [1.29, 1.82) is 0 Å². The van der Waals surface area contributed by atoms with Gasteiger partial charge >= 0.3 is 7.12 Å². The number of aliphatic hydroxyl groups is 1. The zero-order valence-corrected chi connectivity index (χ0v) is 14.4. The van der Waals surface area contributed by atoms with Gasteiger partial charge in [0.05, 0.1) is 17.0 Å². The van der Waals surface area contributed by atoms with E-state index in [0.29, 0.717) is 11.2 Å². The maximum atomic E-state index is 11.5. The molecular weight excluding hydrogens is 305 g/mol. The summed E-state index contributed by atoms with van der Waals surface area (Å²) in [6.45, 7) is 8.11. The van der Waals surface area contributed by atoms with Crippen molar-refractivity contribution in [2.75, 3.05) is 10.5 Å². The third-order valence-corrected chi connectivity index (χ3v) is 5.04. The van der Waals surface area contributed by atoms with Crippen LogP contribution in [0, 0.1) is 0 Å². The first-order valence-electron chi connectivity index (χ1n) is 7.06. The van der Waals surface area contributed by atoms with E-state index in [9.17, 15) is 18.5 Å². The topological polar surface area (TPSA) is 95.9 Å². The maximum absolute atomic E-state index is 11.5. The highest BCUT2D eigenvalue weighted by atomic mass is 32.2. The molecule has 8 heteroatoms. The van der Waals surface area contributed by atoms with E-state index in [2.05, 4.69) is 4.72 Å². The van der Waals surface area contributed by atoms with E-state index >= 15 is 0 Å². The highest BCUT2D eigenvalue weighted by Gasteiger charge is 2.39. The van der Waals surface area contributed by atoms with Crippen LogP contribution >= 0.6 is 0 Å². The van der Waals surface area contributed by atoms with E-state index < -0.39 is 28.3 Å². The highest BCUT2D eigenvalue weighted by molar-refractivity contribution is 7.92. The molecule has 0 amide bonds. The molecule has 0 aromatic heterocycles. The van der Waals surface area contributed by atoms with Gasteiger partial charge in [-0.2, -0.15) is 0 Å². The smallest absolute Gasteiger partial charge is 0.423 e. The second kappa shape index (κ2) is 6.58. The Kier molecular flexibility index (Phi) is 5.67. The minimum Gasteiger partial charge on any atom is -0.423 e. The van der Waals surface area contributed by atoms with Gasteiger partial charge in [0.2, 0.25) is 10.0 Å². The molecule has 22 heavy (non-hydrogen) atoms. The molecule has 0 aliphatic heterocycles. The standard InChI is InChI=1S/C14H24BNO5S/c1-6-22(19,20)16-12-9-7-11(8-10-12)15(18)21-14(4,5)13(2,3)17/h7-10,16-18H,6H2,1-5H3. The van der Waals surface area contributed by atoms with Crippen LogP contribution in [0.4, 0.5) is 5.69 Å². The van der Waals surface area contributed by atoms with Crippen molar-refractivity contribution in [2.24, 2.45) is 0 Å². The van der Waals surface area contributed by atoms with E-state index in [1.165, 1.54) is 0 Å². The Balaban J connectivity index is 2.83. The molecule has 0 saturated carbocycles. The molecule has 0 atom stereocenters. The Morgan fingerprint density at radius 3 is 2.09 bits per heavy atom. The van der Waals surface area contributed by atoms with Gasteiger partial charge in [-0.25, -0.2) is 8.42 Å². The second-order valence-electron chi connectivity index (χ2n) is 6.17. The SMILES string of the molecule is CCS(=O)(=O)Nc1ccc(B(O)OC(C)(C)C(C)(C)O)cc1. The van der Waals surface area contributed by atoms with Crippen LogP contribution in [-0.2, 0) is 14.7 Å². The lowest BCUT2D eigenvalue weighted by Gasteiger charge is -2.38. The van der Waals surface area contributed by atoms with Crippen molar-refractivity contribution in [3.63, 3.8) is 0 Å². The normalized spacial score (nSPS) is 13.0. The summed E-state index contributed by atoms with van der Waals surface area (Å²) in [4.78, 5) is 0. The van der Waals surface area contributed by atoms with Gasteiger partial charge in [0.1, 0.15) is 0 Å². The maximum Gasteiger partial charge on any atom is 0.491 e. The van der Waals surface area contributed by atoms with Gasteiger partial charge in [-0.05, 0) is 52.2 Å². The number of hydrogen-bond acceptors (Lipinski definition) is 5. The summed E-state index contributed by atoms with van der Waals surface area (Å²) >= 11 is 0. The fourth-order valence-corrected chi connectivity index (χ4v) is 2.10. The number of benzene rings is 1. The molecule has 0 radical (unpaired) electrons. The minimum absolute atomic E-state index is 0.0136. The third-order valence-electron chi connectivity index (χ3n) is 3.73. The summed E-state index contributed by atoms with van der Waals surface area (Å²) in [6.07, 6.45) is 0. The lowest BCUT2D eigenvalue weighted by Crippen LogP contribution is -2.53. The van der Waals surface area contributed by atoms with Gasteiger partial charge in [-0.1, -0.05) is 12.1 Å². The molecule has 1 rings (SSSR count). The lowest BCUT2D eigenvalue weighted by molar-refractivity contribution is -0.0982. The van der Waals surface area contributed by atoms with Crippen molar-refractivity contribution in [1.82, 2.24) is 0 Å². The molecule has 0 fully saturated rings. The molecule has 0 heterocycles. The molecule has 124 valence electrons. The van der Waals surface area contributed by atoms with Crippen LogP contribution < -0.4 is 10.2 Å². The van der Waals surface area contributed by atoms with Crippen LogP contribution in [0.1, 0.15) is 34.6 Å². The lowest BCUT2D eigenvalue weighted by atomic mass is 9.76. The summed E-state index contributed by atoms with van der Waals surface area (Å²) in [7, 11) is -4.55. The number of nitrogens with one attached hydrogen (secondary N) is 1. The van der Waals surface area contributed by atoms with Crippen LogP contribution in [0.3, 0.4) is 0 Å². The van der Waals surface area contributed by atoms with E-state index in [-0.39, 0.29) is 5.75 Å². The molecule has 0 spiro atoms. The molecule has 3 N–H and O–H groups in total. The Morgan fingerprint density at radius 2 is 1.68 bits per heavy atom. The van der Waals surface area contributed by atoms with Crippen LogP contribution in [0.2, 0.25) is 0 Å². The zero-order chi connectivity index (χ0) is 17.2. The molecule has 0 aliphatic carbocycles. The Labute approximate surface area is 132 Å². The van der Waals surface area contributed by atoms with Gasteiger partial charge in [0, 0.05) is 5.69 Å². The van der Waals surface area contributed by atoms with Crippen LogP contribution in [0.25, 0.3) is 0 Å². The van der Waals surface area contributed by atoms with E-state index in [0.717, 1.165) is 0 Å². The number of hydrogen-bond donors (Lipinski definition) is 3. The Bertz CT molecular complexity index is 593. The molecule has 1 aromatic rings. The first-order valence-corrected chi connectivity index (χ1v) is 8.72. The molecule has 1 aromatic carbocycles. The quantitative estimate of drug-likeness (QED) is 0.640. The predicted molar refractivity (Wildman–Crippen MR) is 88.6 cm³/mol. The van der Waals surface area contributed by atoms with E-state index in [4.69, 9.17) is 4.65 Å². The Hall–Kier alpha value is -1.09. The van der Waals surface area contributed by atoms with Crippen LogP contribution in [0.15, 0.2) is 24.3 Å². The minimum atomic E-state index is -3.33. The van der Waals surface area contributed by atoms with Gasteiger partial charge in [0.25, 0.3) is 0 Å². The van der Waals surface area contributed by atoms with E-state index in [1.807, 2.05) is 0 Å². The largest absolute Gasteiger partial charge is 0.491 e. The van der Waals surface area contributed by atoms with Gasteiger partial charge in [-0.15, -0.1) is 0 Å². The predicted octanol–water partition coefficient (Wildman–Crippen LogP) is 0.702. The summed E-state index contributed by atoms with van der Waals surface area (Å²) < 4.78 is 30.9. The van der Waals surface area contributed by atoms with Gasteiger partial charge in [0.15, 0.2) is 0 Å². The first kappa shape index (κ1) is 19.0. The van der Waals surface area contributed by atoms with Crippen molar-refractivity contribution in [3.05, 3.63) is 24.3 Å². The fraction of sp³-hybridized carbons (Fsp3) is 0.571. The van der Waals surface area contributed by atoms with Crippen LogP contribution in [0.5, 0.6) is 0 Å². The first-order chi connectivity index (χ1) is 9.88. The Morgan fingerprint density at radius 1 is 1.18 bits per heavy atom. The monoisotopic (exact) mass is 329 g/mol. The van der Waals surface area contributed by atoms with Gasteiger partial charge < -0.3 is 14.8 Å². The molecule has 0 bridgehead atoms.